The van der Waals surface area contributed by atoms with Gasteiger partial charge in [0.15, 0.2) is 0 Å². The number of hydrogen-bond acceptors (Lipinski definition) is 4. The van der Waals surface area contributed by atoms with Gasteiger partial charge in [0.2, 0.25) is 5.91 Å². The first-order valence-corrected chi connectivity index (χ1v) is 9.53. The second kappa shape index (κ2) is 8.82. The Kier molecular flexibility index (Phi) is 6.23. The molecule has 6 nitrogen and oxygen atoms in total. The maximum atomic E-state index is 13.8. The molecule has 0 spiro atoms. The van der Waals surface area contributed by atoms with Gasteiger partial charge < -0.3 is 15.5 Å². The van der Waals surface area contributed by atoms with Crippen LogP contribution >= 0.6 is 0 Å². The molecule has 3 rings (SSSR count). The van der Waals surface area contributed by atoms with E-state index < -0.39 is 17.8 Å². The van der Waals surface area contributed by atoms with Crippen LogP contribution in [0.3, 0.4) is 0 Å². The van der Waals surface area contributed by atoms with Crippen LogP contribution < -0.4 is 15.5 Å². The average Bonchev–Trinajstić information content (AvgIpc) is 3.21. The van der Waals surface area contributed by atoms with Gasteiger partial charge in [-0.05, 0) is 43.0 Å². The molecule has 1 atom stereocenters. The lowest BCUT2D eigenvalue weighted by Crippen LogP contribution is -2.47. The quantitative estimate of drug-likeness (QED) is 0.802. The number of carbonyl (C=O) groups is 2. The van der Waals surface area contributed by atoms with E-state index >= 15 is 0 Å². The van der Waals surface area contributed by atoms with E-state index in [0.717, 1.165) is 31.7 Å². The molecule has 1 fully saturated rings. The summed E-state index contributed by atoms with van der Waals surface area (Å²) in [5.74, 6) is -0.884. The lowest BCUT2D eigenvalue weighted by Gasteiger charge is -2.22. The zero-order valence-corrected chi connectivity index (χ0v) is 16.1. The van der Waals surface area contributed by atoms with Gasteiger partial charge in [0.25, 0.3) is 5.91 Å². The molecule has 7 heteroatoms. The Hall–Kier alpha value is -2.96. The Labute approximate surface area is 164 Å². The first kappa shape index (κ1) is 19.8. The van der Waals surface area contributed by atoms with Gasteiger partial charge >= 0.3 is 0 Å². The molecule has 0 bridgehead atoms. The van der Waals surface area contributed by atoms with E-state index in [-0.39, 0.29) is 17.4 Å². The molecule has 2 heterocycles. The Balaban J connectivity index is 1.66. The zero-order chi connectivity index (χ0) is 20.1. The van der Waals surface area contributed by atoms with Gasteiger partial charge in [-0.1, -0.05) is 26.0 Å². The van der Waals surface area contributed by atoms with Gasteiger partial charge in [0.05, 0.1) is 17.4 Å². The van der Waals surface area contributed by atoms with Crippen LogP contribution in [0.4, 0.5) is 15.9 Å². The van der Waals surface area contributed by atoms with Crippen molar-refractivity contribution in [2.75, 3.05) is 23.3 Å². The topological polar surface area (TPSA) is 74.3 Å². The van der Waals surface area contributed by atoms with Crippen molar-refractivity contribution in [3.05, 3.63) is 54.0 Å². The van der Waals surface area contributed by atoms with Crippen LogP contribution in [0.1, 0.15) is 37.0 Å². The minimum atomic E-state index is -0.801. The number of rotatable bonds is 6. The van der Waals surface area contributed by atoms with Crippen molar-refractivity contribution in [1.29, 1.82) is 0 Å². The molecule has 2 amide bonds. The van der Waals surface area contributed by atoms with Gasteiger partial charge in [-0.15, -0.1) is 0 Å². The molecule has 28 heavy (non-hydrogen) atoms. The van der Waals surface area contributed by atoms with E-state index in [9.17, 15) is 14.0 Å². The predicted octanol–water partition coefficient (Wildman–Crippen LogP) is 3.21. The number of halogens is 1. The highest BCUT2D eigenvalue weighted by Crippen LogP contribution is 2.19. The molecular weight excluding hydrogens is 359 g/mol. The monoisotopic (exact) mass is 384 g/mol. The third-order valence-electron chi connectivity index (χ3n) is 4.80. The Morgan fingerprint density at radius 2 is 1.82 bits per heavy atom. The maximum absolute atomic E-state index is 13.8. The van der Waals surface area contributed by atoms with Crippen LogP contribution in [0.2, 0.25) is 0 Å². The number of benzene rings is 1. The third kappa shape index (κ3) is 4.65. The van der Waals surface area contributed by atoms with Crippen molar-refractivity contribution in [3.63, 3.8) is 0 Å². The number of nitrogens with one attached hydrogen (secondary N) is 2. The van der Waals surface area contributed by atoms with E-state index in [1.807, 2.05) is 19.9 Å². The fraction of sp³-hybridized carbons (Fsp3) is 0.381. The van der Waals surface area contributed by atoms with Crippen molar-refractivity contribution >= 4 is 23.3 Å². The molecule has 148 valence electrons. The summed E-state index contributed by atoms with van der Waals surface area (Å²) in [4.78, 5) is 31.7. The second-order valence-electron chi connectivity index (χ2n) is 7.26. The summed E-state index contributed by atoms with van der Waals surface area (Å²) in [5.41, 5.74) is 0.469. The van der Waals surface area contributed by atoms with E-state index in [1.54, 1.807) is 18.3 Å². The Morgan fingerprint density at radius 3 is 2.43 bits per heavy atom. The lowest BCUT2D eigenvalue weighted by atomic mass is 10.0. The van der Waals surface area contributed by atoms with Crippen molar-refractivity contribution in [2.24, 2.45) is 5.92 Å². The first-order valence-electron chi connectivity index (χ1n) is 9.53. The molecule has 1 unspecified atom stereocenters. The molecule has 1 saturated heterocycles. The molecule has 1 aliphatic rings. The van der Waals surface area contributed by atoms with Crippen molar-refractivity contribution in [2.45, 2.75) is 32.7 Å². The highest BCUT2D eigenvalue weighted by atomic mass is 19.1. The number of anilines is 2. The van der Waals surface area contributed by atoms with Crippen LogP contribution in [0.5, 0.6) is 0 Å². The summed E-state index contributed by atoms with van der Waals surface area (Å²) in [6, 6.07) is 8.57. The van der Waals surface area contributed by atoms with E-state index in [2.05, 4.69) is 20.5 Å². The van der Waals surface area contributed by atoms with Gasteiger partial charge in [0, 0.05) is 13.1 Å². The standard InChI is InChI=1S/C21H25FN4O2/c1-14(2)19(25-20(27)16-7-3-4-8-17(16)22)21(28)24-15-9-10-18(23-13-15)26-11-5-6-12-26/h3-4,7-10,13-14,19H,5-6,11-12H2,1-2H3,(H,24,28)(H,25,27). The SMILES string of the molecule is CC(C)C(NC(=O)c1ccccc1F)C(=O)Nc1ccc(N2CCCC2)nc1. The summed E-state index contributed by atoms with van der Waals surface area (Å²) in [6.45, 7) is 5.63. The minimum Gasteiger partial charge on any atom is -0.357 e. The highest BCUT2D eigenvalue weighted by Gasteiger charge is 2.26. The summed E-state index contributed by atoms with van der Waals surface area (Å²) >= 11 is 0. The lowest BCUT2D eigenvalue weighted by molar-refractivity contribution is -0.118. The molecule has 0 aliphatic carbocycles. The second-order valence-corrected chi connectivity index (χ2v) is 7.26. The van der Waals surface area contributed by atoms with E-state index in [1.165, 1.54) is 18.2 Å². The van der Waals surface area contributed by atoms with Crippen molar-refractivity contribution in [1.82, 2.24) is 10.3 Å². The number of nitrogens with zero attached hydrogens (tertiary/aromatic N) is 2. The predicted molar refractivity (Wildman–Crippen MR) is 107 cm³/mol. The minimum absolute atomic E-state index is 0.0856. The number of amides is 2. The van der Waals surface area contributed by atoms with Crippen LogP contribution in [0.15, 0.2) is 42.6 Å². The normalized spacial score (nSPS) is 14.8. The number of pyridine rings is 1. The largest absolute Gasteiger partial charge is 0.357 e. The molecule has 0 radical (unpaired) electrons. The molecule has 2 aromatic rings. The maximum Gasteiger partial charge on any atom is 0.254 e. The number of aromatic nitrogens is 1. The Bertz CT molecular complexity index is 833. The molecule has 1 aromatic carbocycles. The average molecular weight is 384 g/mol. The summed E-state index contributed by atoms with van der Waals surface area (Å²) in [6.07, 6.45) is 3.94. The van der Waals surface area contributed by atoms with Crippen molar-refractivity contribution in [3.8, 4) is 0 Å². The summed E-state index contributed by atoms with van der Waals surface area (Å²) in [7, 11) is 0. The number of hydrogen-bond donors (Lipinski definition) is 2. The smallest absolute Gasteiger partial charge is 0.254 e. The van der Waals surface area contributed by atoms with Crippen LogP contribution in [-0.2, 0) is 4.79 Å². The molecular formula is C21H25FN4O2. The van der Waals surface area contributed by atoms with E-state index in [4.69, 9.17) is 0 Å². The fourth-order valence-corrected chi connectivity index (χ4v) is 3.21. The first-order chi connectivity index (χ1) is 13.5. The Morgan fingerprint density at radius 1 is 1.11 bits per heavy atom. The molecule has 0 saturated carbocycles. The number of carbonyl (C=O) groups excluding carboxylic acids is 2. The van der Waals surface area contributed by atoms with Crippen LogP contribution in [-0.4, -0.2) is 35.9 Å². The van der Waals surface area contributed by atoms with Crippen LogP contribution in [0.25, 0.3) is 0 Å². The summed E-state index contributed by atoms with van der Waals surface area (Å²) in [5, 5.41) is 5.41. The van der Waals surface area contributed by atoms with Crippen LogP contribution in [0, 0.1) is 11.7 Å². The molecule has 1 aromatic heterocycles. The van der Waals surface area contributed by atoms with Gasteiger partial charge in [-0.2, -0.15) is 0 Å². The highest BCUT2D eigenvalue weighted by molar-refractivity contribution is 6.01. The fourth-order valence-electron chi connectivity index (χ4n) is 3.21. The van der Waals surface area contributed by atoms with Crippen molar-refractivity contribution < 1.29 is 14.0 Å². The summed E-state index contributed by atoms with van der Waals surface area (Å²) < 4.78 is 13.8. The zero-order valence-electron chi connectivity index (χ0n) is 16.1. The third-order valence-corrected chi connectivity index (χ3v) is 4.80. The molecule has 2 N–H and O–H groups in total. The van der Waals surface area contributed by atoms with E-state index in [0.29, 0.717) is 5.69 Å². The van der Waals surface area contributed by atoms with Gasteiger partial charge in [0.1, 0.15) is 17.7 Å². The molecule has 1 aliphatic heterocycles. The van der Waals surface area contributed by atoms with Gasteiger partial charge in [-0.25, -0.2) is 9.37 Å². The van der Waals surface area contributed by atoms with Gasteiger partial charge in [-0.3, -0.25) is 9.59 Å².